The number of nitrogens with zero attached hydrogens (tertiary/aromatic N) is 1. The van der Waals surface area contributed by atoms with Crippen LogP contribution in [0, 0.1) is 40.4 Å². The molecule has 4 aliphatic rings. The van der Waals surface area contributed by atoms with Gasteiger partial charge in [0.1, 0.15) is 11.2 Å². The Morgan fingerprint density at radius 2 is 1.55 bits per heavy atom. The number of aliphatic hydroxyl groups is 1. The van der Waals surface area contributed by atoms with Gasteiger partial charge in [-0.1, -0.05) is 69.9 Å². The Hall–Kier alpha value is -1.96. The molecule has 5 rings (SSSR count). The maximum atomic E-state index is 14.7. The van der Waals surface area contributed by atoms with Gasteiger partial charge in [0.25, 0.3) is 0 Å². The molecule has 7 nitrogen and oxygen atoms in total. The first-order valence-corrected chi connectivity index (χ1v) is 19.4. The normalized spacial score (nSPS) is 31.8. The standard InChI is InChI=1S/C42H67NO6/c1-39(2,3)48-37(45)34-31(35(38(46)49-40(4,5)6)36(44)29-19-14-11-15-20-29)21-16-22-32(34)43(26-28-17-12-10-13-18-28)27-42-24-23-30(41(42,7)8)25-33(42)47-9/h10,12-13,17-18,29-36,44H,11,14-16,19-27H2,1-9H3/t30?,31-,32+,33-,34+,35-,36+,42?/m0/s1. The van der Waals surface area contributed by atoms with Crippen LogP contribution in [0.2, 0.25) is 0 Å². The van der Waals surface area contributed by atoms with Gasteiger partial charge in [0.2, 0.25) is 0 Å². The summed E-state index contributed by atoms with van der Waals surface area (Å²) < 4.78 is 18.7. The summed E-state index contributed by atoms with van der Waals surface area (Å²) in [5.74, 6) is -1.81. The molecule has 0 spiro atoms. The number of benzene rings is 1. The topological polar surface area (TPSA) is 85.3 Å². The number of methoxy groups -OCH3 is 1. The number of carbonyl (C=O) groups is 2. The van der Waals surface area contributed by atoms with Crippen molar-refractivity contribution in [1.29, 1.82) is 0 Å². The molecule has 1 aromatic carbocycles. The molecule has 0 radical (unpaired) electrons. The Bertz CT molecular complexity index is 1260. The molecule has 4 saturated carbocycles. The molecule has 49 heavy (non-hydrogen) atoms. The minimum absolute atomic E-state index is 0.0161. The van der Waals surface area contributed by atoms with E-state index < -0.39 is 35.1 Å². The first-order chi connectivity index (χ1) is 23.0. The highest BCUT2D eigenvalue weighted by Gasteiger charge is 2.65. The van der Waals surface area contributed by atoms with E-state index in [0.29, 0.717) is 18.9 Å². The van der Waals surface area contributed by atoms with Gasteiger partial charge in [0.05, 0.1) is 24.0 Å². The van der Waals surface area contributed by atoms with Crippen LogP contribution in [0.1, 0.15) is 132 Å². The lowest BCUT2D eigenvalue weighted by molar-refractivity contribution is -0.181. The second-order valence-corrected chi connectivity index (χ2v) is 18.6. The van der Waals surface area contributed by atoms with Crippen LogP contribution in [-0.4, -0.2) is 65.1 Å². The fourth-order valence-corrected chi connectivity index (χ4v) is 10.6. The lowest BCUT2D eigenvalue weighted by atomic mass is 9.64. The van der Waals surface area contributed by atoms with E-state index in [0.717, 1.165) is 64.3 Å². The zero-order valence-electron chi connectivity index (χ0n) is 32.1. The number of hydrogen-bond donors (Lipinski definition) is 1. The minimum Gasteiger partial charge on any atom is -0.460 e. The fourth-order valence-electron chi connectivity index (χ4n) is 10.6. The number of rotatable bonds is 11. The van der Waals surface area contributed by atoms with Gasteiger partial charge in [-0.15, -0.1) is 0 Å². The summed E-state index contributed by atoms with van der Waals surface area (Å²) >= 11 is 0. The van der Waals surface area contributed by atoms with Crippen LogP contribution in [0.3, 0.4) is 0 Å². The first-order valence-electron chi connectivity index (χ1n) is 19.4. The van der Waals surface area contributed by atoms with Crippen LogP contribution in [0.25, 0.3) is 0 Å². The molecule has 0 saturated heterocycles. The SMILES string of the molecule is CO[C@H]1CC2CCC1(CN(Cc1ccccc1)[C@@H]1CCC[C@H]([C@H](C(=O)OC(C)(C)C)[C@H](O)C3CCCCC3)[C@H]1C(=O)OC(C)(C)C)C2(C)C. The number of aliphatic hydroxyl groups excluding tert-OH is 1. The van der Waals surface area contributed by atoms with Crippen molar-refractivity contribution in [3.63, 3.8) is 0 Å². The van der Waals surface area contributed by atoms with E-state index in [2.05, 4.69) is 43.0 Å². The molecule has 4 fully saturated rings. The molecule has 1 N–H and O–H groups in total. The van der Waals surface area contributed by atoms with E-state index in [9.17, 15) is 14.7 Å². The summed E-state index contributed by atoms with van der Waals surface area (Å²) in [5.41, 5.74) is -0.164. The number of hydrogen-bond acceptors (Lipinski definition) is 7. The zero-order chi connectivity index (χ0) is 35.8. The summed E-state index contributed by atoms with van der Waals surface area (Å²) in [5, 5.41) is 12.2. The molecule has 4 aliphatic carbocycles. The quantitative estimate of drug-likeness (QED) is 0.235. The molecular formula is C42H67NO6. The van der Waals surface area contributed by atoms with Crippen LogP contribution in [0.4, 0.5) is 0 Å². The molecule has 0 aromatic heterocycles. The smallest absolute Gasteiger partial charge is 0.312 e. The van der Waals surface area contributed by atoms with Crippen LogP contribution in [0.5, 0.6) is 0 Å². The third kappa shape index (κ3) is 8.25. The van der Waals surface area contributed by atoms with Crippen molar-refractivity contribution in [1.82, 2.24) is 4.90 Å². The molecular weight excluding hydrogens is 614 g/mol. The average Bonchev–Trinajstić information content (AvgIpc) is 3.39. The maximum Gasteiger partial charge on any atom is 0.312 e. The Morgan fingerprint density at radius 1 is 0.898 bits per heavy atom. The van der Waals surface area contributed by atoms with Crippen molar-refractivity contribution in [2.24, 2.45) is 40.4 Å². The van der Waals surface area contributed by atoms with Crippen LogP contribution < -0.4 is 0 Å². The second-order valence-electron chi connectivity index (χ2n) is 18.6. The van der Waals surface area contributed by atoms with E-state index >= 15 is 0 Å². The highest BCUT2D eigenvalue weighted by Crippen LogP contribution is 2.67. The van der Waals surface area contributed by atoms with Gasteiger partial charge in [0.15, 0.2) is 0 Å². The number of esters is 2. The predicted octanol–water partition coefficient (Wildman–Crippen LogP) is 8.36. The van der Waals surface area contributed by atoms with E-state index in [1.165, 1.54) is 12.0 Å². The van der Waals surface area contributed by atoms with Crippen LogP contribution in [0.15, 0.2) is 30.3 Å². The van der Waals surface area contributed by atoms with E-state index in [4.69, 9.17) is 14.2 Å². The maximum absolute atomic E-state index is 14.7. The highest BCUT2D eigenvalue weighted by molar-refractivity contribution is 5.78. The molecule has 1 aromatic rings. The van der Waals surface area contributed by atoms with Crippen molar-refractivity contribution in [2.45, 2.75) is 162 Å². The van der Waals surface area contributed by atoms with Gasteiger partial charge in [-0.3, -0.25) is 14.5 Å². The largest absolute Gasteiger partial charge is 0.460 e. The third-order valence-corrected chi connectivity index (χ3v) is 13.1. The Labute approximate surface area is 297 Å². The van der Waals surface area contributed by atoms with E-state index in [1.54, 1.807) is 0 Å². The monoisotopic (exact) mass is 681 g/mol. The predicted molar refractivity (Wildman–Crippen MR) is 194 cm³/mol. The van der Waals surface area contributed by atoms with Gasteiger partial charge >= 0.3 is 11.9 Å². The molecule has 0 heterocycles. The average molecular weight is 682 g/mol. The van der Waals surface area contributed by atoms with Gasteiger partial charge in [-0.2, -0.15) is 0 Å². The minimum atomic E-state index is -0.868. The van der Waals surface area contributed by atoms with Gasteiger partial charge < -0.3 is 19.3 Å². The third-order valence-electron chi connectivity index (χ3n) is 13.1. The van der Waals surface area contributed by atoms with Crippen molar-refractivity contribution in [3.8, 4) is 0 Å². The molecule has 8 atom stereocenters. The summed E-state index contributed by atoms with van der Waals surface area (Å²) in [6.45, 7) is 17.8. The van der Waals surface area contributed by atoms with Crippen molar-refractivity contribution in [3.05, 3.63) is 35.9 Å². The van der Waals surface area contributed by atoms with Crippen molar-refractivity contribution >= 4 is 11.9 Å². The number of ether oxygens (including phenoxy) is 3. The van der Waals surface area contributed by atoms with Crippen molar-refractivity contribution in [2.75, 3.05) is 13.7 Å². The van der Waals surface area contributed by atoms with Crippen LogP contribution in [-0.2, 0) is 30.3 Å². The Balaban J connectivity index is 1.60. The zero-order valence-corrected chi connectivity index (χ0v) is 32.1. The summed E-state index contributed by atoms with van der Waals surface area (Å²) in [6, 6.07) is 10.4. The van der Waals surface area contributed by atoms with E-state index in [-0.39, 0.29) is 40.8 Å². The van der Waals surface area contributed by atoms with Gasteiger partial charge in [0, 0.05) is 31.7 Å². The van der Waals surface area contributed by atoms with Gasteiger partial charge in [-0.25, -0.2) is 0 Å². The Morgan fingerprint density at radius 3 is 2.14 bits per heavy atom. The fraction of sp³-hybridized carbons (Fsp3) is 0.810. The summed E-state index contributed by atoms with van der Waals surface area (Å²) in [4.78, 5) is 31.7. The molecule has 2 bridgehead atoms. The van der Waals surface area contributed by atoms with Crippen LogP contribution >= 0.6 is 0 Å². The second kappa shape index (κ2) is 14.9. The molecule has 7 heteroatoms. The summed E-state index contributed by atoms with van der Waals surface area (Å²) in [6.07, 6.45) is 10.1. The van der Waals surface area contributed by atoms with E-state index in [1.807, 2.05) is 54.7 Å². The first kappa shape index (κ1) is 38.3. The number of carbonyl (C=O) groups excluding carboxylic acids is 2. The Kier molecular flexibility index (Phi) is 11.7. The lowest BCUT2D eigenvalue weighted by Crippen LogP contribution is -2.58. The number of fused-ring (bicyclic) bond motifs is 2. The van der Waals surface area contributed by atoms with Crippen molar-refractivity contribution < 1.29 is 28.9 Å². The van der Waals surface area contributed by atoms with Gasteiger partial charge in [-0.05, 0) is 115 Å². The molecule has 0 aliphatic heterocycles. The molecule has 0 amide bonds. The summed E-state index contributed by atoms with van der Waals surface area (Å²) in [7, 11) is 1.86. The molecule has 2 unspecified atom stereocenters. The highest BCUT2D eigenvalue weighted by atomic mass is 16.6. The lowest BCUT2D eigenvalue weighted by Gasteiger charge is -2.51. The molecule has 276 valence electrons.